The van der Waals surface area contributed by atoms with Gasteiger partial charge in [-0.25, -0.2) is 9.37 Å². The van der Waals surface area contributed by atoms with Crippen LogP contribution in [0.25, 0.3) is 22.6 Å². The number of aromatic nitrogens is 1. The van der Waals surface area contributed by atoms with Crippen LogP contribution in [-0.2, 0) is 13.0 Å². The van der Waals surface area contributed by atoms with Crippen molar-refractivity contribution in [1.29, 1.82) is 0 Å². The van der Waals surface area contributed by atoms with Gasteiger partial charge in [-0.15, -0.1) is 0 Å². The highest BCUT2D eigenvalue weighted by Gasteiger charge is 2.17. The Morgan fingerprint density at radius 3 is 3.10 bits per heavy atom. The molecule has 0 aliphatic carbocycles. The number of hydrogen-bond acceptors (Lipinski definition) is 3. The van der Waals surface area contributed by atoms with Crippen LogP contribution in [0.5, 0.6) is 0 Å². The van der Waals surface area contributed by atoms with Gasteiger partial charge in [0, 0.05) is 18.2 Å². The lowest BCUT2D eigenvalue weighted by molar-refractivity contribution is 0.598. The Bertz CT molecular complexity index is 794. The van der Waals surface area contributed by atoms with Crippen LogP contribution in [0.3, 0.4) is 0 Å². The minimum absolute atomic E-state index is 0.306. The van der Waals surface area contributed by atoms with E-state index in [1.54, 1.807) is 6.07 Å². The lowest BCUT2D eigenvalue weighted by Crippen LogP contribution is -2.24. The van der Waals surface area contributed by atoms with Gasteiger partial charge in [0.15, 0.2) is 5.58 Å². The average molecular weight is 268 g/mol. The summed E-state index contributed by atoms with van der Waals surface area (Å²) < 4.78 is 19.0. The largest absolute Gasteiger partial charge is 0.436 e. The van der Waals surface area contributed by atoms with E-state index in [4.69, 9.17) is 4.42 Å². The molecule has 3 nitrogen and oxygen atoms in total. The molecular formula is C16H13FN2O. The molecule has 0 unspecified atom stereocenters. The molecule has 0 bridgehead atoms. The van der Waals surface area contributed by atoms with E-state index >= 15 is 0 Å². The van der Waals surface area contributed by atoms with Crippen LogP contribution in [0.4, 0.5) is 4.39 Å². The van der Waals surface area contributed by atoms with Crippen molar-refractivity contribution in [3.8, 4) is 11.5 Å². The summed E-state index contributed by atoms with van der Waals surface area (Å²) in [7, 11) is 0. The van der Waals surface area contributed by atoms with Crippen LogP contribution in [0.2, 0.25) is 0 Å². The molecule has 100 valence electrons. The summed E-state index contributed by atoms with van der Waals surface area (Å²) in [6.45, 7) is 1.83. The maximum atomic E-state index is 13.2. The van der Waals surface area contributed by atoms with Crippen molar-refractivity contribution in [2.45, 2.75) is 13.0 Å². The molecule has 2 heterocycles. The number of halogens is 1. The maximum Gasteiger partial charge on any atom is 0.227 e. The standard InChI is InChI=1S/C16H13FN2O/c17-11-4-5-14-15(8-11)20-16(19-14)13-3-1-2-10-9-18-7-6-12(10)13/h1-5,8,18H,6-7,9H2. The topological polar surface area (TPSA) is 38.1 Å². The fourth-order valence-corrected chi connectivity index (χ4v) is 2.75. The van der Waals surface area contributed by atoms with E-state index in [0.29, 0.717) is 17.0 Å². The van der Waals surface area contributed by atoms with E-state index in [0.717, 1.165) is 25.1 Å². The van der Waals surface area contributed by atoms with Gasteiger partial charge in [0.1, 0.15) is 11.3 Å². The number of benzene rings is 2. The molecule has 0 amide bonds. The van der Waals surface area contributed by atoms with Crippen LogP contribution in [0.15, 0.2) is 40.8 Å². The quantitative estimate of drug-likeness (QED) is 0.736. The van der Waals surface area contributed by atoms with Gasteiger partial charge < -0.3 is 9.73 Å². The smallest absolute Gasteiger partial charge is 0.227 e. The van der Waals surface area contributed by atoms with E-state index < -0.39 is 0 Å². The summed E-state index contributed by atoms with van der Waals surface area (Å²) in [5.74, 6) is 0.267. The fraction of sp³-hybridized carbons (Fsp3) is 0.188. The predicted molar refractivity (Wildman–Crippen MR) is 74.8 cm³/mol. The van der Waals surface area contributed by atoms with Gasteiger partial charge in [0.2, 0.25) is 5.89 Å². The van der Waals surface area contributed by atoms with Crippen LogP contribution in [0.1, 0.15) is 11.1 Å². The molecule has 0 fully saturated rings. The summed E-state index contributed by atoms with van der Waals surface area (Å²) in [4.78, 5) is 4.48. The first-order chi connectivity index (χ1) is 9.81. The molecule has 2 aromatic carbocycles. The second kappa shape index (κ2) is 4.42. The second-order valence-corrected chi connectivity index (χ2v) is 5.00. The van der Waals surface area contributed by atoms with Crippen molar-refractivity contribution in [3.05, 3.63) is 53.3 Å². The number of oxazole rings is 1. The zero-order valence-corrected chi connectivity index (χ0v) is 10.8. The normalized spacial score (nSPS) is 14.4. The molecule has 1 aliphatic rings. The van der Waals surface area contributed by atoms with Gasteiger partial charge >= 0.3 is 0 Å². The first-order valence-electron chi connectivity index (χ1n) is 6.69. The molecule has 0 atom stereocenters. The summed E-state index contributed by atoms with van der Waals surface area (Å²) in [5, 5.41) is 3.35. The van der Waals surface area contributed by atoms with E-state index in [1.165, 1.54) is 23.3 Å². The van der Waals surface area contributed by atoms with Crippen molar-refractivity contribution in [2.24, 2.45) is 0 Å². The summed E-state index contributed by atoms with van der Waals surface area (Å²) in [6.07, 6.45) is 0.957. The van der Waals surface area contributed by atoms with Gasteiger partial charge in [0.05, 0.1) is 0 Å². The molecule has 20 heavy (non-hydrogen) atoms. The zero-order chi connectivity index (χ0) is 13.5. The highest BCUT2D eigenvalue weighted by molar-refractivity contribution is 5.77. The highest BCUT2D eigenvalue weighted by atomic mass is 19.1. The summed E-state index contributed by atoms with van der Waals surface area (Å²) in [6, 6.07) is 10.6. The Morgan fingerprint density at radius 2 is 2.15 bits per heavy atom. The Kier molecular flexibility index (Phi) is 2.57. The number of hydrogen-bond donors (Lipinski definition) is 1. The maximum absolute atomic E-state index is 13.2. The lowest BCUT2D eigenvalue weighted by Gasteiger charge is -2.18. The van der Waals surface area contributed by atoms with Crippen LogP contribution in [-0.4, -0.2) is 11.5 Å². The minimum atomic E-state index is -0.306. The molecule has 0 saturated heterocycles. The SMILES string of the molecule is Fc1ccc2nc(-c3cccc4c3CCNC4)oc2c1. The third-order valence-electron chi connectivity index (χ3n) is 3.72. The van der Waals surface area contributed by atoms with Crippen LogP contribution in [0, 0.1) is 5.82 Å². The molecule has 1 aromatic heterocycles. The monoisotopic (exact) mass is 268 g/mol. The van der Waals surface area contributed by atoms with E-state index in [2.05, 4.69) is 16.4 Å². The van der Waals surface area contributed by atoms with E-state index in [1.807, 2.05) is 12.1 Å². The summed E-state index contributed by atoms with van der Waals surface area (Å²) >= 11 is 0. The van der Waals surface area contributed by atoms with Gasteiger partial charge in [-0.2, -0.15) is 0 Å². The highest BCUT2D eigenvalue weighted by Crippen LogP contribution is 2.30. The predicted octanol–water partition coefficient (Wildman–Crippen LogP) is 3.28. The van der Waals surface area contributed by atoms with E-state index in [9.17, 15) is 4.39 Å². The average Bonchev–Trinajstić information content (AvgIpc) is 2.89. The molecular weight excluding hydrogens is 255 g/mol. The van der Waals surface area contributed by atoms with Gasteiger partial charge in [0.25, 0.3) is 0 Å². The Balaban J connectivity index is 1.90. The van der Waals surface area contributed by atoms with Gasteiger partial charge in [-0.1, -0.05) is 12.1 Å². The first-order valence-corrected chi connectivity index (χ1v) is 6.69. The molecule has 4 rings (SSSR count). The molecule has 0 saturated carbocycles. The number of fused-ring (bicyclic) bond motifs is 2. The third kappa shape index (κ3) is 1.80. The third-order valence-corrected chi connectivity index (χ3v) is 3.72. The lowest BCUT2D eigenvalue weighted by atomic mass is 9.95. The van der Waals surface area contributed by atoms with Gasteiger partial charge in [-0.05, 0) is 42.3 Å². The van der Waals surface area contributed by atoms with Crippen molar-refractivity contribution in [1.82, 2.24) is 10.3 Å². The Morgan fingerprint density at radius 1 is 1.20 bits per heavy atom. The van der Waals surface area contributed by atoms with Crippen LogP contribution < -0.4 is 5.32 Å². The number of rotatable bonds is 1. The number of nitrogens with zero attached hydrogens (tertiary/aromatic N) is 1. The van der Waals surface area contributed by atoms with Gasteiger partial charge in [-0.3, -0.25) is 0 Å². The Hall–Kier alpha value is -2.20. The first kappa shape index (κ1) is 11.6. The Labute approximate surface area is 115 Å². The molecule has 0 radical (unpaired) electrons. The van der Waals surface area contributed by atoms with E-state index in [-0.39, 0.29) is 5.82 Å². The van der Waals surface area contributed by atoms with Crippen molar-refractivity contribution >= 4 is 11.1 Å². The molecule has 0 spiro atoms. The minimum Gasteiger partial charge on any atom is -0.436 e. The fourth-order valence-electron chi connectivity index (χ4n) is 2.75. The molecule has 3 aromatic rings. The zero-order valence-electron chi connectivity index (χ0n) is 10.8. The molecule has 1 aliphatic heterocycles. The van der Waals surface area contributed by atoms with Crippen molar-refractivity contribution in [3.63, 3.8) is 0 Å². The molecule has 1 N–H and O–H groups in total. The van der Waals surface area contributed by atoms with Crippen LogP contribution >= 0.6 is 0 Å². The summed E-state index contributed by atoms with van der Waals surface area (Å²) in [5.41, 5.74) is 4.75. The van der Waals surface area contributed by atoms with Crippen molar-refractivity contribution in [2.75, 3.05) is 6.54 Å². The number of nitrogens with one attached hydrogen (secondary N) is 1. The van der Waals surface area contributed by atoms with Crippen molar-refractivity contribution < 1.29 is 8.81 Å². The second-order valence-electron chi connectivity index (χ2n) is 5.00. The molecule has 4 heteroatoms.